The molecule has 164 valence electrons. The molecule has 1 N–H and O–H groups in total. The molecule has 0 aromatic carbocycles. The first-order valence-corrected chi connectivity index (χ1v) is 10.9. The van der Waals surface area contributed by atoms with E-state index in [0.717, 1.165) is 6.42 Å². The molecule has 1 aliphatic carbocycles. The van der Waals surface area contributed by atoms with Gasteiger partial charge in [0.2, 0.25) is 5.78 Å². The molecule has 0 radical (unpaired) electrons. The highest BCUT2D eigenvalue weighted by Gasteiger charge is 2.68. The fourth-order valence-electron chi connectivity index (χ4n) is 7.45. The van der Waals surface area contributed by atoms with Crippen LogP contribution < -0.4 is 0 Å². The number of nitrogens with zero attached hydrogens (tertiary/aromatic N) is 4. The van der Waals surface area contributed by atoms with Gasteiger partial charge in [-0.2, -0.15) is 5.26 Å². The Morgan fingerprint density at radius 1 is 1.26 bits per heavy atom. The van der Waals surface area contributed by atoms with E-state index in [4.69, 9.17) is 9.47 Å². The van der Waals surface area contributed by atoms with Gasteiger partial charge >= 0.3 is 0 Å². The number of ether oxygens (including phenoxy) is 2. The predicted octanol–water partition coefficient (Wildman–Crippen LogP) is -0.965. The van der Waals surface area contributed by atoms with Gasteiger partial charge in [-0.1, -0.05) is 0 Å². The topological polar surface area (TPSA) is 106 Å². The maximum absolute atomic E-state index is 13.6. The van der Waals surface area contributed by atoms with E-state index < -0.39 is 12.1 Å². The monoisotopic (exact) mass is 426 g/mol. The third-order valence-electron chi connectivity index (χ3n) is 8.50. The molecule has 0 unspecified atom stereocenters. The fraction of sp³-hybridized carbons (Fsp3) is 0.682. The number of aliphatic hydroxyl groups is 1. The summed E-state index contributed by atoms with van der Waals surface area (Å²) in [6.45, 7) is 2.56. The summed E-state index contributed by atoms with van der Waals surface area (Å²) in [6, 6.07) is 0.854. The smallest absolute Gasteiger partial charge is 0.226 e. The van der Waals surface area contributed by atoms with Crippen molar-refractivity contribution in [3.63, 3.8) is 0 Å². The highest BCUT2D eigenvalue weighted by Crippen LogP contribution is 2.54. The average Bonchev–Trinajstić information content (AvgIpc) is 3.34. The van der Waals surface area contributed by atoms with Gasteiger partial charge in [0, 0.05) is 47.3 Å². The summed E-state index contributed by atoms with van der Waals surface area (Å²) in [5, 5.41) is 20.7. The third kappa shape index (κ3) is 2.12. The number of carbonyl (C=O) groups is 2. The van der Waals surface area contributed by atoms with Gasteiger partial charge in [-0.25, -0.2) is 0 Å². The van der Waals surface area contributed by atoms with Gasteiger partial charge in [-0.15, -0.1) is 0 Å². The van der Waals surface area contributed by atoms with E-state index in [1.54, 1.807) is 6.92 Å². The molecule has 8 atom stereocenters. The molecule has 5 heterocycles. The quantitative estimate of drug-likeness (QED) is 0.559. The first kappa shape index (κ1) is 19.6. The highest BCUT2D eigenvalue weighted by molar-refractivity contribution is 6.25. The second-order valence-corrected chi connectivity index (χ2v) is 9.42. The number of hydrogen-bond acceptors (Lipinski definition) is 9. The van der Waals surface area contributed by atoms with Crippen molar-refractivity contribution in [3.8, 4) is 6.07 Å². The molecule has 0 amide bonds. The summed E-state index contributed by atoms with van der Waals surface area (Å²) in [6.07, 6.45) is 0.694. The molecule has 0 saturated carbocycles. The normalized spacial score (nSPS) is 44.5. The molecule has 0 aromatic rings. The predicted molar refractivity (Wildman–Crippen MR) is 106 cm³/mol. The maximum Gasteiger partial charge on any atom is 0.226 e. The van der Waals surface area contributed by atoms with E-state index in [-0.39, 0.29) is 60.2 Å². The second-order valence-electron chi connectivity index (χ2n) is 9.42. The number of piperidine rings is 1. The molecule has 9 heteroatoms. The number of Topliss-reactive ketones (excluding diaryl/α,β-unsaturated/α-hetero) is 2. The van der Waals surface area contributed by atoms with Crippen LogP contribution in [0, 0.1) is 17.2 Å². The number of fused-ring (bicyclic) bond motifs is 5. The Morgan fingerprint density at radius 3 is 2.71 bits per heavy atom. The van der Waals surface area contributed by atoms with Crippen LogP contribution in [-0.2, 0) is 19.1 Å². The van der Waals surface area contributed by atoms with E-state index >= 15 is 0 Å². The first-order valence-electron chi connectivity index (χ1n) is 10.9. The lowest BCUT2D eigenvalue weighted by molar-refractivity contribution is -0.145. The fourth-order valence-corrected chi connectivity index (χ4v) is 7.45. The molecule has 4 saturated heterocycles. The number of rotatable bonds is 2. The Hall–Kier alpha value is -2.09. The number of aliphatic hydroxyl groups excluding tert-OH is 1. The van der Waals surface area contributed by atoms with Gasteiger partial charge in [0.15, 0.2) is 11.5 Å². The largest absolute Gasteiger partial charge is 0.492 e. The minimum atomic E-state index is -0.701. The van der Waals surface area contributed by atoms with Gasteiger partial charge in [-0.05, 0) is 20.4 Å². The number of ketones is 2. The van der Waals surface area contributed by atoms with Crippen molar-refractivity contribution < 1.29 is 24.2 Å². The number of nitriles is 1. The van der Waals surface area contributed by atoms with Crippen LogP contribution in [-0.4, -0.2) is 108 Å². The van der Waals surface area contributed by atoms with E-state index in [2.05, 4.69) is 22.9 Å². The third-order valence-corrected chi connectivity index (χ3v) is 8.50. The van der Waals surface area contributed by atoms with Crippen LogP contribution in [0.4, 0.5) is 0 Å². The molecule has 9 nitrogen and oxygen atoms in total. The molecule has 4 fully saturated rings. The molecule has 0 aromatic heterocycles. The summed E-state index contributed by atoms with van der Waals surface area (Å²) in [5.41, 5.74) is 1.07. The van der Waals surface area contributed by atoms with E-state index in [1.807, 2.05) is 4.90 Å². The Morgan fingerprint density at radius 2 is 2.03 bits per heavy atom. The van der Waals surface area contributed by atoms with Crippen LogP contribution >= 0.6 is 0 Å². The van der Waals surface area contributed by atoms with Crippen LogP contribution in [0.15, 0.2) is 22.5 Å². The summed E-state index contributed by atoms with van der Waals surface area (Å²) in [7, 11) is 3.44. The van der Waals surface area contributed by atoms with Crippen LogP contribution in [0.5, 0.6) is 0 Å². The van der Waals surface area contributed by atoms with Gasteiger partial charge in [0.05, 0.1) is 38.5 Å². The molecular weight excluding hydrogens is 400 g/mol. The number of hydrogen-bond donors (Lipinski definition) is 1. The van der Waals surface area contributed by atoms with Gasteiger partial charge in [0.1, 0.15) is 12.3 Å². The molecular formula is C22H26N4O5. The summed E-state index contributed by atoms with van der Waals surface area (Å²) >= 11 is 0. The van der Waals surface area contributed by atoms with Crippen LogP contribution in [0.1, 0.15) is 13.3 Å². The lowest BCUT2D eigenvalue weighted by Gasteiger charge is -2.61. The molecule has 6 rings (SSSR count). The lowest BCUT2D eigenvalue weighted by Crippen LogP contribution is -2.78. The van der Waals surface area contributed by atoms with Crippen molar-refractivity contribution in [1.29, 1.82) is 5.26 Å². The summed E-state index contributed by atoms with van der Waals surface area (Å²) in [5.74, 6) is -0.292. The van der Waals surface area contributed by atoms with Crippen LogP contribution in [0.25, 0.3) is 0 Å². The van der Waals surface area contributed by atoms with Crippen molar-refractivity contribution in [2.75, 3.05) is 33.9 Å². The van der Waals surface area contributed by atoms with Gasteiger partial charge < -0.3 is 14.6 Å². The Kier molecular flexibility index (Phi) is 4.08. The SMILES string of the molecule is COC1=C(C)C(=O)C2=C(C1=O)[C@@H](CO)N1[C@H]3[C@@H]4[C@H](C[C@@H]([C@H]1C#N)N4C)[C@@H]1OCCN1[C@@H]23. The molecule has 2 bridgehead atoms. The number of likely N-dealkylation sites (N-methyl/N-ethyl adjacent to an activating group) is 1. The zero-order chi connectivity index (χ0) is 21.8. The summed E-state index contributed by atoms with van der Waals surface area (Å²) < 4.78 is 11.5. The van der Waals surface area contributed by atoms with Crippen molar-refractivity contribution in [3.05, 3.63) is 22.5 Å². The number of allylic oxidation sites excluding steroid dienone is 2. The molecule has 0 spiro atoms. The Labute approximate surface area is 180 Å². The zero-order valence-corrected chi connectivity index (χ0v) is 17.8. The van der Waals surface area contributed by atoms with E-state index in [9.17, 15) is 20.0 Å². The number of piperazine rings is 1. The average molecular weight is 426 g/mol. The van der Waals surface area contributed by atoms with Crippen molar-refractivity contribution >= 4 is 11.6 Å². The van der Waals surface area contributed by atoms with Crippen molar-refractivity contribution in [2.24, 2.45) is 5.92 Å². The lowest BCUT2D eigenvalue weighted by atomic mass is 9.69. The van der Waals surface area contributed by atoms with Gasteiger partial charge in [-0.3, -0.25) is 24.3 Å². The van der Waals surface area contributed by atoms with E-state index in [0.29, 0.717) is 29.9 Å². The number of methoxy groups -OCH3 is 1. The second kappa shape index (κ2) is 6.47. The van der Waals surface area contributed by atoms with Crippen LogP contribution in [0.2, 0.25) is 0 Å². The Bertz CT molecular complexity index is 998. The standard InChI is InChI=1S/C22H26N4O5/c1-9-19(28)15-14(20(29)21(9)30-3)13(8-27)26-12(7-23)11-6-10-16(24(11)2)18(26)17(15)25-4-5-31-22(10)25/h10-13,16-18,22,27H,4-6,8H2,1-3H3/t10-,11-,12+,13+,16-,17-,18-,22-/m0/s1. The van der Waals surface area contributed by atoms with E-state index in [1.165, 1.54) is 7.11 Å². The minimum Gasteiger partial charge on any atom is -0.492 e. The zero-order valence-electron chi connectivity index (χ0n) is 17.8. The minimum absolute atomic E-state index is 0.00850. The highest BCUT2D eigenvalue weighted by atomic mass is 16.5. The summed E-state index contributed by atoms with van der Waals surface area (Å²) in [4.78, 5) is 33.7. The van der Waals surface area contributed by atoms with Gasteiger partial charge in [0.25, 0.3) is 0 Å². The molecule has 5 aliphatic heterocycles. The molecule has 6 aliphatic rings. The first-order chi connectivity index (χ1) is 15.0. The Balaban J connectivity index is 1.63. The molecule has 31 heavy (non-hydrogen) atoms. The maximum atomic E-state index is 13.6. The van der Waals surface area contributed by atoms with Crippen molar-refractivity contribution in [1.82, 2.24) is 14.7 Å². The van der Waals surface area contributed by atoms with Crippen LogP contribution in [0.3, 0.4) is 0 Å². The number of carbonyl (C=O) groups excluding carboxylic acids is 2. The van der Waals surface area contributed by atoms with Crippen molar-refractivity contribution in [2.45, 2.75) is 55.8 Å².